The Labute approximate surface area is 175 Å². The summed E-state index contributed by atoms with van der Waals surface area (Å²) in [5.41, 5.74) is 1.53. The summed E-state index contributed by atoms with van der Waals surface area (Å²) in [5, 5.41) is 4.39. The predicted octanol–water partition coefficient (Wildman–Crippen LogP) is 7.64. The van der Waals surface area contributed by atoms with Crippen LogP contribution >= 0.6 is 11.3 Å². The van der Waals surface area contributed by atoms with Crippen LogP contribution in [0.3, 0.4) is 0 Å². The van der Waals surface area contributed by atoms with Crippen molar-refractivity contribution in [1.82, 2.24) is 4.98 Å². The lowest BCUT2D eigenvalue weighted by Crippen LogP contribution is -2.27. The van der Waals surface area contributed by atoms with Gasteiger partial charge in [0.25, 0.3) is 0 Å². The van der Waals surface area contributed by atoms with Gasteiger partial charge in [0.15, 0.2) is 11.7 Å². The van der Waals surface area contributed by atoms with E-state index in [1.807, 2.05) is 13.0 Å². The van der Waals surface area contributed by atoms with E-state index in [2.05, 4.69) is 55.5 Å². The molecule has 0 radical (unpaired) electrons. The fourth-order valence-corrected chi connectivity index (χ4v) is 4.92. The number of rotatable bonds is 13. The standard InChI is InChI=1S/C24H36N2OS/c1-6-9-17-24(15-7-2,16-8-3)18-27-19(4)25-23-22(28-20(5)26-23)21-13-11-10-12-14-21/h6,10-11,13,25H,1,4,7-9,12,14-18H2,2-3,5H3. The van der Waals surface area contributed by atoms with Crippen LogP contribution in [0.1, 0.15) is 75.1 Å². The molecule has 1 aliphatic rings. The third-order valence-electron chi connectivity index (χ3n) is 5.29. The number of nitrogens with one attached hydrogen (secondary N) is 1. The monoisotopic (exact) mass is 400 g/mol. The number of nitrogens with zero attached hydrogens (tertiary/aromatic N) is 1. The topological polar surface area (TPSA) is 34.1 Å². The molecule has 1 aromatic rings. The first kappa shape index (κ1) is 22.5. The van der Waals surface area contributed by atoms with E-state index in [0.29, 0.717) is 12.5 Å². The lowest BCUT2D eigenvalue weighted by molar-refractivity contribution is 0.0678. The van der Waals surface area contributed by atoms with Crippen molar-refractivity contribution >= 4 is 22.7 Å². The van der Waals surface area contributed by atoms with Crippen molar-refractivity contribution in [1.29, 1.82) is 0 Å². The summed E-state index contributed by atoms with van der Waals surface area (Å²) in [6.45, 7) is 15.3. The first-order chi connectivity index (χ1) is 13.5. The lowest BCUT2D eigenvalue weighted by atomic mass is 9.76. The molecule has 3 nitrogen and oxygen atoms in total. The molecule has 1 aliphatic carbocycles. The zero-order valence-electron chi connectivity index (χ0n) is 17.9. The molecule has 4 heteroatoms. The zero-order valence-corrected chi connectivity index (χ0v) is 18.7. The molecule has 1 aromatic heterocycles. The molecule has 0 unspecified atom stereocenters. The van der Waals surface area contributed by atoms with E-state index in [4.69, 9.17) is 4.74 Å². The smallest absolute Gasteiger partial charge is 0.184 e. The van der Waals surface area contributed by atoms with Gasteiger partial charge < -0.3 is 10.1 Å². The molecular weight excluding hydrogens is 364 g/mol. The maximum atomic E-state index is 6.16. The van der Waals surface area contributed by atoms with Crippen LogP contribution in [-0.4, -0.2) is 11.6 Å². The van der Waals surface area contributed by atoms with Crippen LogP contribution in [-0.2, 0) is 4.74 Å². The Bertz CT molecular complexity index is 708. The van der Waals surface area contributed by atoms with Crippen molar-refractivity contribution in [3.8, 4) is 0 Å². The van der Waals surface area contributed by atoms with Crippen molar-refractivity contribution in [2.75, 3.05) is 11.9 Å². The zero-order chi connectivity index (χ0) is 20.4. The van der Waals surface area contributed by atoms with Crippen molar-refractivity contribution in [3.05, 3.63) is 53.2 Å². The highest BCUT2D eigenvalue weighted by molar-refractivity contribution is 7.13. The van der Waals surface area contributed by atoms with Crippen molar-refractivity contribution in [2.45, 2.75) is 72.1 Å². The van der Waals surface area contributed by atoms with Crippen LogP contribution in [0, 0.1) is 12.3 Å². The number of anilines is 1. The molecule has 154 valence electrons. The number of aryl methyl sites for hydroxylation is 1. The fourth-order valence-electron chi connectivity index (χ4n) is 3.99. The van der Waals surface area contributed by atoms with Gasteiger partial charge in [-0.1, -0.05) is 51.0 Å². The van der Waals surface area contributed by atoms with E-state index in [9.17, 15) is 0 Å². The Hall–Kier alpha value is -1.81. The van der Waals surface area contributed by atoms with Crippen molar-refractivity contribution < 1.29 is 4.74 Å². The molecule has 0 aromatic carbocycles. The average Bonchev–Trinajstić information content (AvgIpc) is 3.06. The van der Waals surface area contributed by atoms with Gasteiger partial charge in [-0.05, 0) is 57.6 Å². The first-order valence-corrected chi connectivity index (χ1v) is 11.4. The van der Waals surface area contributed by atoms with Crippen molar-refractivity contribution in [3.63, 3.8) is 0 Å². The second-order valence-corrected chi connectivity index (χ2v) is 8.94. The van der Waals surface area contributed by atoms with Crippen LogP contribution in [0.2, 0.25) is 0 Å². The number of hydrogen-bond donors (Lipinski definition) is 1. The molecule has 0 spiro atoms. The number of hydrogen-bond acceptors (Lipinski definition) is 4. The second kappa shape index (κ2) is 11.3. The summed E-state index contributed by atoms with van der Waals surface area (Å²) in [4.78, 5) is 5.88. The Morgan fingerprint density at radius 3 is 2.68 bits per heavy atom. The number of allylic oxidation sites excluding steroid dienone is 5. The highest BCUT2D eigenvalue weighted by Crippen LogP contribution is 2.37. The normalized spacial score (nSPS) is 13.9. The Morgan fingerprint density at radius 1 is 1.32 bits per heavy atom. The largest absolute Gasteiger partial charge is 0.479 e. The summed E-state index contributed by atoms with van der Waals surface area (Å²) in [5.74, 6) is 1.46. The minimum atomic E-state index is 0.194. The molecule has 0 amide bonds. The maximum absolute atomic E-state index is 6.16. The van der Waals surface area contributed by atoms with Crippen LogP contribution < -0.4 is 5.32 Å². The molecule has 1 heterocycles. The average molecular weight is 401 g/mol. The molecule has 2 rings (SSSR count). The van der Waals surface area contributed by atoms with Gasteiger partial charge in [0.2, 0.25) is 0 Å². The number of aromatic nitrogens is 1. The molecule has 0 aliphatic heterocycles. The molecule has 1 N–H and O–H groups in total. The van der Waals surface area contributed by atoms with Crippen LogP contribution in [0.15, 0.2) is 43.3 Å². The van der Waals surface area contributed by atoms with Crippen LogP contribution in [0.25, 0.3) is 5.57 Å². The third kappa shape index (κ3) is 6.37. The van der Waals surface area contributed by atoms with Gasteiger partial charge >= 0.3 is 0 Å². The van der Waals surface area contributed by atoms with Gasteiger partial charge in [-0.3, -0.25) is 0 Å². The van der Waals surface area contributed by atoms with Gasteiger partial charge in [0, 0.05) is 5.41 Å². The maximum Gasteiger partial charge on any atom is 0.184 e. The van der Waals surface area contributed by atoms with Crippen molar-refractivity contribution in [2.24, 2.45) is 5.41 Å². The Morgan fingerprint density at radius 2 is 2.07 bits per heavy atom. The summed E-state index contributed by atoms with van der Waals surface area (Å²) in [6.07, 6.45) is 17.5. The van der Waals surface area contributed by atoms with E-state index in [-0.39, 0.29) is 5.41 Å². The van der Waals surface area contributed by atoms with E-state index in [1.54, 1.807) is 11.3 Å². The van der Waals surface area contributed by atoms with Gasteiger partial charge in [-0.25, -0.2) is 4.98 Å². The molecule has 0 saturated carbocycles. The van der Waals surface area contributed by atoms with Gasteiger partial charge in [0.05, 0.1) is 16.5 Å². The van der Waals surface area contributed by atoms with Gasteiger partial charge in [-0.2, -0.15) is 0 Å². The summed E-state index contributed by atoms with van der Waals surface area (Å²) in [6, 6.07) is 0. The minimum Gasteiger partial charge on any atom is -0.479 e. The minimum absolute atomic E-state index is 0.194. The van der Waals surface area contributed by atoms with E-state index >= 15 is 0 Å². The number of ether oxygens (including phenoxy) is 1. The molecule has 0 fully saturated rings. The third-order valence-corrected chi connectivity index (χ3v) is 6.34. The molecule has 0 saturated heterocycles. The van der Waals surface area contributed by atoms with E-state index in [0.717, 1.165) is 49.4 Å². The molecule has 28 heavy (non-hydrogen) atoms. The summed E-state index contributed by atoms with van der Waals surface area (Å²) in [7, 11) is 0. The SMILES string of the molecule is C=CCCC(CCC)(CCC)COC(=C)Nc1nc(C)sc1C1=CC=CCC1. The summed E-state index contributed by atoms with van der Waals surface area (Å²) < 4.78 is 6.16. The highest BCUT2D eigenvalue weighted by atomic mass is 32.1. The predicted molar refractivity (Wildman–Crippen MR) is 124 cm³/mol. The van der Waals surface area contributed by atoms with Crippen LogP contribution in [0.4, 0.5) is 5.82 Å². The molecule has 0 atom stereocenters. The van der Waals surface area contributed by atoms with Gasteiger partial charge in [-0.15, -0.1) is 17.9 Å². The number of thiazole rings is 1. The second-order valence-electron chi connectivity index (χ2n) is 7.73. The van der Waals surface area contributed by atoms with Gasteiger partial charge in [0.1, 0.15) is 0 Å². The molecule has 0 bridgehead atoms. The van der Waals surface area contributed by atoms with E-state index < -0.39 is 0 Å². The Kier molecular flexibility index (Phi) is 9.04. The highest BCUT2D eigenvalue weighted by Gasteiger charge is 2.29. The Balaban J connectivity index is 2.05. The van der Waals surface area contributed by atoms with E-state index in [1.165, 1.54) is 23.3 Å². The summed E-state index contributed by atoms with van der Waals surface area (Å²) >= 11 is 1.73. The quantitative estimate of drug-likeness (QED) is 0.273. The van der Waals surface area contributed by atoms with Crippen LogP contribution in [0.5, 0.6) is 0 Å². The molecular formula is C24H36N2OS. The first-order valence-electron chi connectivity index (χ1n) is 10.6. The fraction of sp³-hybridized carbons (Fsp3) is 0.542. The lowest BCUT2D eigenvalue weighted by Gasteiger charge is -2.33.